The van der Waals surface area contributed by atoms with Crippen LogP contribution in [0.1, 0.15) is 39.0 Å². The van der Waals surface area contributed by atoms with Crippen LogP contribution in [0, 0.1) is 5.92 Å². The van der Waals surface area contributed by atoms with Gasteiger partial charge in [0, 0.05) is 0 Å². The van der Waals surface area contributed by atoms with E-state index in [-0.39, 0.29) is 0 Å². The molecule has 0 aromatic heterocycles. The summed E-state index contributed by atoms with van der Waals surface area (Å²) in [6.07, 6.45) is 6.18. The molecule has 1 aliphatic carbocycles. The van der Waals surface area contributed by atoms with Crippen molar-refractivity contribution in [3.05, 3.63) is 0 Å². The molecule has 0 radical (unpaired) electrons. The van der Waals surface area contributed by atoms with Crippen LogP contribution in [0.2, 0.25) is 0 Å². The van der Waals surface area contributed by atoms with Crippen LogP contribution in [0.5, 0.6) is 0 Å². The molecule has 2 atom stereocenters. The molecule has 0 aromatic carbocycles. The van der Waals surface area contributed by atoms with Crippen LogP contribution in [0.3, 0.4) is 0 Å². The smallest absolute Gasteiger partial charge is 0.203 e. The summed E-state index contributed by atoms with van der Waals surface area (Å²) in [4.78, 5) is 4.31. The lowest BCUT2D eigenvalue weighted by Crippen LogP contribution is -2.38. The van der Waals surface area contributed by atoms with Crippen molar-refractivity contribution in [1.82, 2.24) is 5.43 Å². The molecule has 2 unspecified atom stereocenters. The fourth-order valence-electron chi connectivity index (χ4n) is 1.98. The Morgan fingerprint density at radius 2 is 2.31 bits per heavy atom. The summed E-state index contributed by atoms with van der Waals surface area (Å²) in [6.45, 7) is 2.24. The number of hydrogen-bond donors (Lipinski definition) is 3. The van der Waals surface area contributed by atoms with Gasteiger partial charge in [0.15, 0.2) is 0 Å². The maximum atomic E-state index is 5.50. The first-order valence-corrected chi connectivity index (χ1v) is 5.06. The summed E-state index contributed by atoms with van der Waals surface area (Å²) < 4.78 is 0. The molecule has 0 heterocycles. The lowest BCUT2D eigenvalue weighted by atomic mass is 9.84. The Labute approximate surface area is 79.7 Å². The molecule has 76 valence electrons. The van der Waals surface area contributed by atoms with Gasteiger partial charge in [0.05, 0.1) is 6.04 Å². The zero-order chi connectivity index (χ0) is 9.68. The second-order valence-electron chi connectivity index (χ2n) is 3.75. The Morgan fingerprint density at radius 3 is 2.92 bits per heavy atom. The zero-order valence-corrected chi connectivity index (χ0v) is 8.29. The highest BCUT2D eigenvalue weighted by Gasteiger charge is 2.19. The molecule has 0 bridgehead atoms. The summed E-state index contributed by atoms with van der Waals surface area (Å²) >= 11 is 0. The molecule has 1 fully saturated rings. The summed E-state index contributed by atoms with van der Waals surface area (Å²) in [7, 11) is 0. The van der Waals surface area contributed by atoms with E-state index in [4.69, 9.17) is 11.6 Å². The second-order valence-corrected chi connectivity index (χ2v) is 3.75. The third-order valence-electron chi connectivity index (χ3n) is 2.80. The van der Waals surface area contributed by atoms with Crippen LogP contribution < -0.4 is 17.0 Å². The third kappa shape index (κ3) is 3.22. The van der Waals surface area contributed by atoms with Crippen molar-refractivity contribution < 1.29 is 0 Å². The van der Waals surface area contributed by atoms with Crippen molar-refractivity contribution >= 4 is 5.96 Å². The van der Waals surface area contributed by atoms with E-state index < -0.39 is 0 Å². The van der Waals surface area contributed by atoms with Gasteiger partial charge in [0.2, 0.25) is 5.96 Å². The predicted octanol–water partition coefficient (Wildman–Crippen LogP) is 0.733. The first-order chi connectivity index (χ1) is 6.26. The van der Waals surface area contributed by atoms with Crippen LogP contribution in [0.15, 0.2) is 4.99 Å². The number of nitrogens with one attached hydrogen (secondary N) is 1. The van der Waals surface area contributed by atoms with Gasteiger partial charge in [-0.25, -0.2) is 10.8 Å². The SMILES string of the molecule is CCC1CCCC(N=C(N)NN)C1. The average Bonchev–Trinajstić information content (AvgIpc) is 2.18. The lowest BCUT2D eigenvalue weighted by Gasteiger charge is -2.25. The van der Waals surface area contributed by atoms with E-state index in [9.17, 15) is 0 Å². The molecule has 1 rings (SSSR count). The maximum absolute atomic E-state index is 5.50. The standard InChI is InChI=1S/C9H20N4/c1-2-7-4-3-5-8(6-7)12-9(10)13-11/h7-8H,2-6,11H2,1H3,(H3,10,12,13). The Morgan fingerprint density at radius 1 is 1.54 bits per heavy atom. The summed E-state index contributed by atoms with van der Waals surface area (Å²) in [6, 6.07) is 0.384. The fourth-order valence-corrected chi connectivity index (χ4v) is 1.98. The van der Waals surface area contributed by atoms with E-state index in [1.165, 1.54) is 25.7 Å². The first kappa shape index (κ1) is 10.3. The molecular weight excluding hydrogens is 164 g/mol. The van der Waals surface area contributed by atoms with Gasteiger partial charge in [-0.3, -0.25) is 5.43 Å². The average molecular weight is 184 g/mol. The highest BCUT2D eigenvalue weighted by Crippen LogP contribution is 2.28. The van der Waals surface area contributed by atoms with Crippen molar-refractivity contribution in [1.29, 1.82) is 0 Å². The molecule has 0 spiro atoms. The predicted molar refractivity (Wildman–Crippen MR) is 55.0 cm³/mol. The fraction of sp³-hybridized carbons (Fsp3) is 0.889. The zero-order valence-electron chi connectivity index (χ0n) is 8.29. The normalized spacial score (nSPS) is 30.2. The van der Waals surface area contributed by atoms with Gasteiger partial charge in [-0.2, -0.15) is 0 Å². The van der Waals surface area contributed by atoms with Crippen LogP contribution >= 0.6 is 0 Å². The van der Waals surface area contributed by atoms with Crippen molar-refractivity contribution in [2.24, 2.45) is 22.5 Å². The van der Waals surface area contributed by atoms with E-state index in [1.54, 1.807) is 0 Å². The number of aliphatic imine (C=N–C) groups is 1. The Balaban J connectivity index is 2.42. The Bertz CT molecular complexity index is 178. The molecule has 1 aliphatic rings. The molecule has 5 N–H and O–H groups in total. The van der Waals surface area contributed by atoms with Crippen molar-refractivity contribution in [3.8, 4) is 0 Å². The van der Waals surface area contributed by atoms with Gasteiger partial charge in [-0.1, -0.05) is 26.2 Å². The number of nitrogens with zero attached hydrogens (tertiary/aromatic N) is 1. The van der Waals surface area contributed by atoms with Gasteiger partial charge in [0.1, 0.15) is 0 Å². The molecule has 0 aromatic rings. The van der Waals surface area contributed by atoms with Crippen LogP contribution in [0.25, 0.3) is 0 Å². The number of rotatable bonds is 2. The second kappa shape index (κ2) is 5.07. The van der Waals surface area contributed by atoms with E-state index in [0.717, 1.165) is 12.3 Å². The van der Waals surface area contributed by atoms with Gasteiger partial charge in [-0.15, -0.1) is 0 Å². The van der Waals surface area contributed by atoms with E-state index in [2.05, 4.69) is 17.3 Å². The number of hydrogen-bond acceptors (Lipinski definition) is 2. The largest absolute Gasteiger partial charge is 0.369 e. The third-order valence-corrected chi connectivity index (χ3v) is 2.80. The van der Waals surface area contributed by atoms with Gasteiger partial charge in [0.25, 0.3) is 0 Å². The molecule has 0 aliphatic heterocycles. The minimum atomic E-state index is 0.363. The van der Waals surface area contributed by atoms with Crippen molar-refractivity contribution in [3.63, 3.8) is 0 Å². The van der Waals surface area contributed by atoms with Gasteiger partial charge >= 0.3 is 0 Å². The van der Waals surface area contributed by atoms with Crippen LogP contribution in [0.4, 0.5) is 0 Å². The van der Waals surface area contributed by atoms with Gasteiger partial charge < -0.3 is 5.73 Å². The first-order valence-electron chi connectivity index (χ1n) is 5.06. The van der Waals surface area contributed by atoms with Crippen molar-refractivity contribution in [2.45, 2.75) is 45.1 Å². The Kier molecular flexibility index (Phi) is 4.02. The lowest BCUT2D eigenvalue weighted by molar-refractivity contribution is 0.316. The molecular formula is C9H20N4. The van der Waals surface area contributed by atoms with Gasteiger partial charge in [-0.05, 0) is 18.8 Å². The minimum Gasteiger partial charge on any atom is -0.369 e. The molecule has 1 saturated carbocycles. The molecule has 0 amide bonds. The highest BCUT2D eigenvalue weighted by atomic mass is 15.3. The summed E-state index contributed by atoms with van der Waals surface area (Å²) in [5.74, 6) is 6.34. The maximum Gasteiger partial charge on any atom is 0.203 e. The topological polar surface area (TPSA) is 76.4 Å². The molecule has 13 heavy (non-hydrogen) atoms. The molecule has 4 heteroatoms. The molecule has 4 nitrogen and oxygen atoms in total. The molecule has 0 saturated heterocycles. The summed E-state index contributed by atoms with van der Waals surface area (Å²) in [5.41, 5.74) is 7.88. The van der Waals surface area contributed by atoms with Crippen LogP contribution in [-0.2, 0) is 0 Å². The quantitative estimate of drug-likeness (QED) is 0.256. The van der Waals surface area contributed by atoms with Crippen molar-refractivity contribution in [2.75, 3.05) is 0 Å². The highest BCUT2D eigenvalue weighted by molar-refractivity contribution is 5.77. The van der Waals surface area contributed by atoms with Crippen LogP contribution in [-0.4, -0.2) is 12.0 Å². The minimum absolute atomic E-state index is 0.363. The summed E-state index contributed by atoms with van der Waals surface area (Å²) in [5, 5.41) is 0. The number of hydrazine groups is 1. The monoisotopic (exact) mass is 184 g/mol. The van der Waals surface area contributed by atoms with E-state index >= 15 is 0 Å². The van der Waals surface area contributed by atoms with E-state index in [1.807, 2.05) is 0 Å². The number of guanidine groups is 1. The number of nitrogens with two attached hydrogens (primary N) is 2. The Hall–Kier alpha value is -0.770. The van der Waals surface area contributed by atoms with E-state index in [0.29, 0.717) is 12.0 Å².